The van der Waals surface area contributed by atoms with Crippen molar-refractivity contribution in [3.63, 3.8) is 0 Å². The fourth-order valence-electron chi connectivity index (χ4n) is 2.94. The van der Waals surface area contributed by atoms with Crippen LogP contribution < -0.4 is 5.56 Å². The van der Waals surface area contributed by atoms with E-state index in [0.717, 1.165) is 5.56 Å². The van der Waals surface area contributed by atoms with E-state index in [1.54, 1.807) is 21.8 Å². The molecule has 0 amide bonds. The monoisotopic (exact) mass is 344 g/mol. The molecule has 0 saturated carbocycles. The minimum Gasteiger partial charge on any atom is -0.380 e. The molecule has 6 nitrogen and oxygen atoms in total. The zero-order valence-corrected chi connectivity index (χ0v) is 14.0. The molecule has 2 aromatic heterocycles. The fourth-order valence-corrected chi connectivity index (χ4v) is 3.07. The Hall–Kier alpha value is -2.18. The lowest BCUT2D eigenvalue weighted by Gasteiger charge is -2.38. The van der Waals surface area contributed by atoms with Gasteiger partial charge in [0.15, 0.2) is 5.65 Å². The molecule has 1 fully saturated rings. The molecule has 1 aliphatic heterocycles. The van der Waals surface area contributed by atoms with Crippen molar-refractivity contribution in [2.24, 2.45) is 5.41 Å². The van der Waals surface area contributed by atoms with Gasteiger partial charge in [0, 0.05) is 17.0 Å². The zero-order chi connectivity index (χ0) is 16.7. The Kier molecular flexibility index (Phi) is 3.66. The maximum absolute atomic E-state index is 12.7. The smallest absolute Gasteiger partial charge is 0.264 e. The normalized spacial score (nSPS) is 16.2. The molecular weight excluding hydrogens is 328 g/mol. The first-order valence-corrected chi connectivity index (χ1v) is 8.15. The molecule has 1 aromatic carbocycles. The van der Waals surface area contributed by atoms with Crippen molar-refractivity contribution in [1.29, 1.82) is 0 Å². The van der Waals surface area contributed by atoms with Gasteiger partial charge in [-0.05, 0) is 17.7 Å². The molecule has 0 spiro atoms. The summed E-state index contributed by atoms with van der Waals surface area (Å²) in [6, 6.07) is 7.55. The molecule has 1 aliphatic rings. The summed E-state index contributed by atoms with van der Waals surface area (Å²) in [5, 5.41) is 5.56. The highest BCUT2D eigenvalue weighted by Crippen LogP contribution is 2.28. The van der Waals surface area contributed by atoms with Gasteiger partial charge in [-0.3, -0.25) is 9.36 Å². The molecule has 0 atom stereocenters. The van der Waals surface area contributed by atoms with Crippen molar-refractivity contribution in [3.05, 3.63) is 57.7 Å². The third-order valence-corrected chi connectivity index (χ3v) is 4.57. The quantitative estimate of drug-likeness (QED) is 0.728. The van der Waals surface area contributed by atoms with Gasteiger partial charge in [-0.1, -0.05) is 30.7 Å². The van der Waals surface area contributed by atoms with Gasteiger partial charge in [-0.2, -0.15) is 5.10 Å². The van der Waals surface area contributed by atoms with Crippen LogP contribution in [0.15, 0.2) is 41.6 Å². The number of halogens is 1. The number of fused-ring (bicyclic) bond motifs is 1. The van der Waals surface area contributed by atoms with E-state index in [-0.39, 0.29) is 11.0 Å². The highest BCUT2D eigenvalue weighted by atomic mass is 35.5. The number of nitrogens with zero attached hydrogens (tertiary/aromatic N) is 4. The molecule has 0 bridgehead atoms. The van der Waals surface area contributed by atoms with Crippen molar-refractivity contribution in [1.82, 2.24) is 19.3 Å². The summed E-state index contributed by atoms with van der Waals surface area (Å²) in [6.07, 6.45) is 3.20. The van der Waals surface area contributed by atoms with Crippen LogP contribution in [0.3, 0.4) is 0 Å². The number of benzene rings is 1. The maximum Gasteiger partial charge on any atom is 0.264 e. The first kappa shape index (κ1) is 15.4. The Morgan fingerprint density at radius 1 is 1.29 bits per heavy atom. The summed E-state index contributed by atoms with van der Waals surface area (Å²) < 4.78 is 8.64. The minimum atomic E-state index is -0.0597. The van der Waals surface area contributed by atoms with Crippen LogP contribution >= 0.6 is 11.6 Å². The van der Waals surface area contributed by atoms with Crippen molar-refractivity contribution in [2.75, 3.05) is 13.2 Å². The lowest BCUT2D eigenvalue weighted by molar-refractivity contribution is -0.110. The lowest BCUT2D eigenvalue weighted by atomic mass is 9.88. The van der Waals surface area contributed by atoms with Gasteiger partial charge in [-0.15, -0.1) is 0 Å². The Bertz CT molecular complexity index is 941. The van der Waals surface area contributed by atoms with E-state index in [2.05, 4.69) is 17.0 Å². The minimum absolute atomic E-state index is 0.0124. The lowest BCUT2D eigenvalue weighted by Crippen LogP contribution is -2.45. The van der Waals surface area contributed by atoms with Crippen molar-refractivity contribution in [2.45, 2.75) is 20.0 Å². The van der Waals surface area contributed by atoms with Gasteiger partial charge in [-0.25, -0.2) is 9.67 Å². The van der Waals surface area contributed by atoms with E-state index in [4.69, 9.17) is 16.3 Å². The average molecular weight is 345 g/mol. The fraction of sp³-hybridized carbons (Fsp3) is 0.353. The van der Waals surface area contributed by atoms with Crippen molar-refractivity contribution in [3.8, 4) is 0 Å². The summed E-state index contributed by atoms with van der Waals surface area (Å²) in [5.74, 6) is 0. The van der Waals surface area contributed by atoms with Crippen LogP contribution in [0.5, 0.6) is 0 Å². The van der Waals surface area contributed by atoms with Gasteiger partial charge in [0.25, 0.3) is 5.56 Å². The van der Waals surface area contributed by atoms with Gasteiger partial charge < -0.3 is 4.74 Å². The van der Waals surface area contributed by atoms with E-state index in [1.165, 1.54) is 0 Å². The molecule has 7 heteroatoms. The highest BCUT2D eigenvalue weighted by Gasteiger charge is 2.34. The predicted octanol–water partition coefficient (Wildman–Crippen LogP) is 2.33. The van der Waals surface area contributed by atoms with Crippen molar-refractivity contribution >= 4 is 22.6 Å². The van der Waals surface area contributed by atoms with Crippen LogP contribution in [-0.4, -0.2) is 32.5 Å². The van der Waals surface area contributed by atoms with E-state index in [9.17, 15) is 4.79 Å². The van der Waals surface area contributed by atoms with Gasteiger partial charge in [0.05, 0.1) is 32.3 Å². The zero-order valence-electron chi connectivity index (χ0n) is 13.3. The van der Waals surface area contributed by atoms with Crippen LogP contribution in [0.4, 0.5) is 0 Å². The molecule has 0 radical (unpaired) electrons. The maximum atomic E-state index is 12.7. The summed E-state index contributed by atoms with van der Waals surface area (Å²) in [7, 11) is 0. The molecule has 0 N–H and O–H groups in total. The number of rotatable bonds is 4. The third kappa shape index (κ3) is 2.72. The molecule has 1 saturated heterocycles. The molecule has 3 aromatic rings. The Labute approximate surface area is 143 Å². The largest absolute Gasteiger partial charge is 0.380 e. The van der Waals surface area contributed by atoms with Crippen molar-refractivity contribution < 1.29 is 4.74 Å². The summed E-state index contributed by atoms with van der Waals surface area (Å²) in [6.45, 7) is 4.61. The predicted molar refractivity (Wildman–Crippen MR) is 91.3 cm³/mol. The van der Waals surface area contributed by atoms with Crippen LogP contribution in [0.2, 0.25) is 5.02 Å². The summed E-state index contributed by atoms with van der Waals surface area (Å²) in [5.41, 5.74) is 1.60. The number of aromatic nitrogens is 4. The highest BCUT2D eigenvalue weighted by molar-refractivity contribution is 6.30. The first-order valence-electron chi connectivity index (χ1n) is 7.77. The summed E-state index contributed by atoms with van der Waals surface area (Å²) in [4.78, 5) is 17.1. The summed E-state index contributed by atoms with van der Waals surface area (Å²) >= 11 is 5.91. The second-order valence-electron chi connectivity index (χ2n) is 6.65. The molecular formula is C17H17ClN4O2. The number of ether oxygens (including phenoxy) is 1. The Morgan fingerprint density at radius 3 is 2.71 bits per heavy atom. The molecule has 3 heterocycles. The molecule has 0 aliphatic carbocycles. The SMILES string of the molecule is CC1(Cn2cnc3c(cnn3Cc3ccc(Cl)cc3)c2=O)COC1. The van der Waals surface area contributed by atoms with E-state index < -0.39 is 0 Å². The molecule has 4 rings (SSSR count). The van der Waals surface area contributed by atoms with E-state index in [1.807, 2.05) is 24.3 Å². The number of hydrogen-bond acceptors (Lipinski definition) is 4. The third-order valence-electron chi connectivity index (χ3n) is 4.32. The Morgan fingerprint density at radius 2 is 2.04 bits per heavy atom. The van der Waals surface area contributed by atoms with Crippen LogP contribution in [0.1, 0.15) is 12.5 Å². The van der Waals surface area contributed by atoms with Crippen LogP contribution in [0.25, 0.3) is 11.0 Å². The molecule has 0 unspecified atom stereocenters. The Balaban J connectivity index is 1.66. The number of hydrogen-bond donors (Lipinski definition) is 0. The van der Waals surface area contributed by atoms with Gasteiger partial charge in [0.2, 0.25) is 0 Å². The average Bonchev–Trinajstić information content (AvgIpc) is 2.94. The molecule has 124 valence electrons. The van der Waals surface area contributed by atoms with Gasteiger partial charge >= 0.3 is 0 Å². The topological polar surface area (TPSA) is 61.9 Å². The van der Waals surface area contributed by atoms with Crippen LogP contribution in [-0.2, 0) is 17.8 Å². The van der Waals surface area contributed by atoms with Crippen LogP contribution in [0, 0.1) is 5.41 Å². The van der Waals surface area contributed by atoms with E-state index in [0.29, 0.717) is 42.4 Å². The second-order valence-corrected chi connectivity index (χ2v) is 7.08. The second kappa shape index (κ2) is 5.72. The standard InChI is InChI=1S/C17H17ClN4O2/c1-17(9-24-10-17)8-21-11-19-15-14(16(21)23)6-20-22(15)7-12-2-4-13(18)5-3-12/h2-6,11H,7-10H2,1H3. The first-order chi connectivity index (χ1) is 11.5. The van der Waals surface area contributed by atoms with E-state index >= 15 is 0 Å². The molecule has 24 heavy (non-hydrogen) atoms. The van der Waals surface area contributed by atoms with Gasteiger partial charge in [0.1, 0.15) is 5.39 Å².